The third-order valence-corrected chi connectivity index (χ3v) is 3.21. The van der Waals surface area contributed by atoms with Gasteiger partial charge in [-0.2, -0.15) is 0 Å². The van der Waals surface area contributed by atoms with E-state index in [-0.39, 0.29) is 11.5 Å². The maximum absolute atomic E-state index is 13.0. The molecule has 1 aliphatic rings. The number of halogens is 2. The topological polar surface area (TPSA) is 56.8 Å². The molecular formula is C16H13F2NO4. The molecule has 0 unspecified atom stereocenters. The molecule has 0 fully saturated rings. The van der Waals surface area contributed by atoms with Gasteiger partial charge in [-0.3, -0.25) is 0 Å². The Hall–Kier alpha value is -2.83. The highest BCUT2D eigenvalue weighted by Gasteiger charge is 2.43. The van der Waals surface area contributed by atoms with Crippen LogP contribution in [0.15, 0.2) is 48.5 Å². The van der Waals surface area contributed by atoms with Gasteiger partial charge in [0.1, 0.15) is 5.75 Å². The summed E-state index contributed by atoms with van der Waals surface area (Å²) in [5, 5.41) is 2.61. The van der Waals surface area contributed by atoms with E-state index in [4.69, 9.17) is 4.74 Å². The van der Waals surface area contributed by atoms with E-state index in [1.54, 1.807) is 43.3 Å². The third kappa shape index (κ3) is 3.50. The third-order valence-electron chi connectivity index (χ3n) is 3.21. The molecule has 2 aromatic rings. The Balaban J connectivity index is 1.65. The number of para-hydroxylation sites is 1. The predicted molar refractivity (Wildman–Crippen MR) is 76.7 cm³/mol. The van der Waals surface area contributed by atoms with Crippen molar-refractivity contribution in [1.29, 1.82) is 0 Å². The number of carbonyl (C=O) groups is 1. The first-order valence-electron chi connectivity index (χ1n) is 6.86. The van der Waals surface area contributed by atoms with Gasteiger partial charge in [0.25, 0.3) is 0 Å². The number of fused-ring (bicyclic) bond motifs is 1. The molecule has 0 bridgehead atoms. The summed E-state index contributed by atoms with van der Waals surface area (Å²) in [6.07, 6.45) is -4.31. The van der Waals surface area contributed by atoms with Crippen LogP contribution in [0.2, 0.25) is 0 Å². The summed E-state index contributed by atoms with van der Waals surface area (Å²) in [5.74, 6) is 0.290. The summed E-state index contributed by atoms with van der Waals surface area (Å²) in [5.41, 5.74) is 0.579. The zero-order chi connectivity index (χ0) is 16.4. The van der Waals surface area contributed by atoms with Gasteiger partial charge in [-0.15, -0.1) is 8.78 Å². The number of hydrogen-bond acceptors (Lipinski definition) is 4. The first-order chi connectivity index (χ1) is 10.9. The minimum atomic E-state index is -3.66. The summed E-state index contributed by atoms with van der Waals surface area (Å²) < 4.78 is 39.8. The second kappa shape index (κ2) is 5.75. The van der Waals surface area contributed by atoms with E-state index in [0.29, 0.717) is 11.3 Å². The van der Waals surface area contributed by atoms with Crippen LogP contribution in [0.5, 0.6) is 17.2 Å². The number of carbonyl (C=O) groups excluding carboxylic acids is 1. The van der Waals surface area contributed by atoms with Crippen molar-refractivity contribution in [3.63, 3.8) is 0 Å². The van der Waals surface area contributed by atoms with Crippen molar-refractivity contribution in [3.05, 3.63) is 54.1 Å². The monoisotopic (exact) mass is 321 g/mol. The Morgan fingerprint density at radius 2 is 1.83 bits per heavy atom. The summed E-state index contributed by atoms with van der Waals surface area (Å²) in [4.78, 5) is 11.8. The molecule has 7 heteroatoms. The number of benzene rings is 2. The second-order valence-corrected chi connectivity index (χ2v) is 4.94. The molecule has 0 radical (unpaired) electrons. The van der Waals surface area contributed by atoms with Crippen molar-refractivity contribution in [3.8, 4) is 17.2 Å². The van der Waals surface area contributed by atoms with Crippen LogP contribution in [0, 0.1) is 0 Å². The highest BCUT2D eigenvalue weighted by molar-refractivity contribution is 5.71. The summed E-state index contributed by atoms with van der Waals surface area (Å²) >= 11 is 0. The van der Waals surface area contributed by atoms with Crippen LogP contribution in [0.4, 0.5) is 13.6 Å². The van der Waals surface area contributed by atoms with E-state index < -0.39 is 18.4 Å². The number of rotatable bonds is 3. The molecule has 0 aromatic heterocycles. The van der Waals surface area contributed by atoms with E-state index in [0.717, 1.165) is 0 Å². The van der Waals surface area contributed by atoms with Crippen molar-refractivity contribution < 1.29 is 27.8 Å². The quantitative estimate of drug-likeness (QED) is 0.933. The fraction of sp³-hybridized carbons (Fsp3) is 0.188. The molecule has 0 aliphatic carbocycles. The molecule has 23 heavy (non-hydrogen) atoms. The largest absolute Gasteiger partial charge is 0.586 e. The smallest absolute Gasteiger partial charge is 0.410 e. The second-order valence-electron chi connectivity index (χ2n) is 4.94. The molecule has 1 aliphatic heterocycles. The minimum absolute atomic E-state index is 0.0437. The van der Waals surface area contributed by atoms with Crippen LogP contribution < -0.4 is 19.5 Å². The zero-order valence-corrected chi connectivity index (χ0v) is 12.1. The van der Waals surface area contributed by atoms with Crippen molar-refractivity contribution in [2.75, 3.05) is 0 Å². The number of hydrogen-bond donors (Lipinski definition) is 1. The molecule has 0 saturated carbocycles. The van der Waals surface area contributed by atoms with Crippen LogP contribution >= 0.6 is 0 Å². The van der Waals surface area contributed by atoms with Crippen LogP contribution in [0.3, 0.4) is 0 Å². The maximum atomic E-state index is 13.0. The zero-order valence-electron chi connectivity index (χ0n) is 12.1. The molecule has 3 rings (SSSR count). The van der Waals surface area contributed by atoms with Gasteiger partial charge in [0.05, 0.1) is 6.04 Å². The van der Waals surface area contributed by atoms with Gasteiger partial charge in [-0.1, -0.05) is 24.3 Å². The molecule has 5 nitrogen and oxygen atoms in total. The lowest BCUT2D eigenvalue weighted by Gasteiger charge is -2.14. The average molecular weight is 321 g/mol. The Labute approximate surface area is 130 Å². The molecule has 1 N–H and O–H groups in total. The number of ether oxygens (including phenoxy) is 3. The summed E-state index contributed by atoms with van der Waals surface area (Å²) in [6, 6.07) is 12.4. The predicted octanol–water partition coefficient (Wildman–Crippen LogP) is 3.86. The number of alkyl halides is 2. The Morgan fingerprint density at radius 3 is 2.57 bits per heavy atom. The summed E-state index contributed by atoms with van der Waals surface area (Å²) in [7, 11) is 0. The highest BCUT2D eigenvalue weighted by Crippen LogP contribution is 2.41. The van der Waals surface area contributed by atoms with Crippen molar-refractivity contribution in [2.45, 2.75) is 19.3 Å². The molecule has 120 valence electrons. The van der Waals surface area contributed by atoms with Gasteiger partial charge in [-0.25, -0.2) is 4.79 Å². The molecule has 1 amide bonds. The molecule has 1 atom stereocenters. The van der Waals surface area contributed by atoms with Gasteiger partial charge in [-0.05, 0) is 36.8 Å². The molecule has 2 aromatic carbocycles. The molecule has 0 saturated heterocycles. The summed E-state index contributed by atoms with van der Waals surface area (Å²) in [6.45, 7) is 1.70. The van der Waals surface area contributed by atoms with Gasteiger partial charge in [0.2, 0.25) is 0 Å². The first-order valence-corrected chi connectivity index (χ1v) is 6.86. The standard InChI is InChI=1S/C16H13F2NO4/c1-10(19-15(20)21-12-5-3-2-4-6-12)11-7-8-13-14(9-11)23-16(17,18)22-13/h2-10H,1H3,(H,19,20)/t10-/m0/s1. The average Bonchev–Trinajstić information content (AvgIpc) is 2.80. The molecule has 0 spiro atoms. The Kier molecular flexibility index (Phi) is 3.77. The molecule has 1 heterocycles. The lowest BCUT2D eigenvalue weighted by molar-refractivity contribution is -0.286. The van der Waals surface area contributed by atoms with Crippen LogP contribution in [-0.4, -0.2) is 12.4 Å². The maximum Gasteiger partial charge on any atom is 0.586 e. The van der Waals surface area contributed by atoms with E-state index in [2.05, 4.69) is 14.8 Å². The fourth-order valence-electron chi connectivity index (χ4n) is 2.12. The van der Waals surface area contributed by atoms with Gasteiger partial charge in [0, 0.05) is 0 Å². The van der Waals surface area contributed by atoms with E-state index in [1.807, 2.05) is 0 Å². The van der Waals surface area contributed by atoms with Crippen LogP contribution in [0.1, 0.15) is 18.5 Å². The van der Waals surface area contributed by atoms with Gasteiger partial charge >= 0.3 is 12.4 Å². The van der Waals surface area contributed by atoms with Crippen molar-refractivity contribution in [2.24, 2.45) is 0 Å². The lowest BCUT2D eigenvalue weighted by atomic mass is 10.1. The lowest BCUT2D eigenvalue weighted by Crippen LogP contribution is -2.29. The van der Waals surface area contributed by atoms with Crippen LogP contribution in [-0.2, 0) is 0 Å². The van der Waals surface area contributed by atoms with E-state index >= 15 is 0 Å². The SMILES string of the molecule is C[C@H](NC(=O)Oc1ccccc1)c1ccc2c(c1)OC(F)(F)O2. The molecular weight excluding hydrogens is 308 g/mol. The van der Waals surface area contributed by atoms with Gasteiger partial charge in [0.15, 0.2) is 11.5 Å². The number of amides is 1. The Morgan fingerprint density at radius 1 is 1.13 bits per heavy atom. The van der Waals surface area contributed by atoms with E-state index in [9.17, 15) is 13.6 Å². The van der Waals surface area contributed by atoms with Crippen molar-refractivity contribution in [1.82, 2.24) is 5.32 Å². The highest BCUT2D eigenvalue weighted by atomic mass is 19.3. The Bertz CT molecular complexity index is 721. The van der Waals surface area contributed by atoms with Crippen molar-refractivity contribution >= 4 is 6.09 Å². The normalized spacial score (nSPS) is 15.8. The van der Waals surface area contributed by atoms with Gasteiger partial charge < -0.3 is 19.5 Å². The first kappa shape index (κ1) is 15.1. The fourth-order valence-corrected chi connectivity index (χ4v) is 2.12. The minimum Gasteiger partial charge on any atom is -0.410 e. The number of nitrogens with one attached hydrogen (secondary N) is 1. The van der Waals surface area contributed by atoms with Crippen LogP contribution in [0.25, 0.3) is 0 Å². The van der Waals surface area contributed by atoms with E-state index in [1.165, 1.54) is 12.1 Å².